The van der Waals surface area contributed by atoms with Gasteiger partial charge in [0.15, 0.2) is 0 Å². The molecule has 1 radical (unpaired) electrons. The van der Waals surface area contributed by atoms with Crippen molar-refractivity contribution in [2.45, 2.75) is 12.8 Å². The average molecular weight is 117 g/mol. The molecule has 3 heteroatoms. The minimum absolute atomic E-state index is 0.191. The van der Waals surface area contributed by atoms with Crippen LogP contribution in [0.15, 0.2) is 0 Å². The third-order valence-corrected chi connectivity index (χ3v) is 1.16. The first-order chi connectivity index (χ1) is 3.43. The zero-order valence-electron chi connectivity index (χ0n) is 3.89. The van der Waals surface area contributed by atoms with Crippen molar-refractivity contribution in [1.29, 1.82) is 0 Å². The SMILES string of the molecule is O=POC[C]1CC1. The van der Waals surface area contributed by atoms with Crippen LogP contribution >= 0.6 is 8.69 Å². The third kappa shape index (κ3) is 2.00. The highest BCUT2D eigenvalue weighted by Crippen LogP contribution is 2.32. The second-order valence-corrected chi connectivity index (χ2v) is 2.01. The summed E-state index contributed by atoms with van der Waals surface area (Å²) in [5, 5.41) is 0. The highest BCUT2D eigenvalue weighted by molar-refractivity contribution is 7.17. The van der Waals surface area contributed by atoms with Gasteiger partial charge in [-0.15, -0.1) is 0 Å². The summed E-state index contributed by atoms with van der Waals surface area (Å²) in [6, 6.07) is 0. The van der Waals surface area contributed by atoms with Gasteiger partial charge in [0.25, 0.3) is 0 Å². The monoisotopic (exact) mass is 117 g/mol. The predicted molar refractivity (Wildman–Crippen MR) is 26.0 cm³/mol. The van der Waals surface area contributed by atoms with Gasteiger partial charge in [-0.05, 0) is 12.8 Å². The lowest BCUT2D eigenvalue weighted by atomic mass is 10.5. The van der Waals surface area contributed by atoms with Gasteiger partial charge in [-0.25, -0.2) is 4.57 Å². The van der Waals surface area contributed by atoms with Crippen LogP contribution in [0.25, 0.3) is 0 Å². The largest absolute Gasteiger partial charge is 0.327 e. The summed E-state index contributed by atoms with van der Waals surface area (Å²) in [4.78, 5) is 0. The molecule has 0 heterocycles. The van der Waals surface area contributed by atoms with E-state index in [1.165, 1.54) is 18.8 Å². The van der Waals surface area contributed by atoms with Crippen molar-refractivity contribution in [2.75, 3.05) is 6.61 Å². The smallest absolute Gasteiger partial charge is 0.294 e. The zero-order valence-corrected chi connectivity index (χ0v) is 4.78. The molecule has 1 aliphatic carbocycles. The molecule has 0 aromatic carbocycles. The molecule has 0 aliphatic heterocycles. The first-order valence-electron chi connectivity index (χ1n) is 2.21. The fourth-order valence-corrected chi connectivity index (χ4v) is 0.586. The van der Waals surface area contributed by atoms with Crippen LogP contribution in [0.3, 0.4) is 0 Å². The van der Waals surface area contributed by atoms with Crippen molar-refractivity contribution in [1.82, 2.24) is 0 Å². The Balaban J connectivity index is 1.88. The first kappa shape index (κ1) is 5.20. The molecule has 1 aliphatic rings. The van der Waals surface area contributed by atoms with E-state index in [1.807, 2.05) is 0 Å². The van der Waals surface area contributed by atoms with E-state index in [1.54, 1.807) is 0 Å². The van der Waals surface area contributed by atoms with Gasteiger partial charge in [-0.3, -0.25) is 4.52 Å². The number of hydrogen-bond acceptors (Lipinski definition) is 2. The molecular weight excluding hydrogens is 111 g/mol. The van der Waals surface area contributed by atoms with Crippen LogP contribution in [0.2, 0.25) is 0 Å². The fourth-order valence-electron chi connectivity index (χ4n) is 0.350. The Kier molecular flexibility index (Phi) is 1.77. The van der Waals surface area contributed by atoms with Crippen LogP contribution < -0.4 is 0 Å². The summed E-state index contributed by atoms with van der Waals surface area (Å²) in [6.45, 7) is 0.602. The van der Waals surface area contributed by atoms with Gasteiger partial charge in [0.05, 0.1) is 6.61 Å². The van der Waals surface area contributed by atoms with E-state index in [0.29, 0.717) is 6.61 Å². The van der Waals surface area contributed by atoms with Gasteiger partial charge in [-0.2, -0.15) is 0 Å². The molecule has 1 saturated carbocycles. The molecular formula is C4H6O2P. The van der Waals surface area contributed by atoms with Gasteiger partial charge in [0.2, 0.25) is 0 Å². The maximum Gasteiger partial charge on any atom is 0.327 e. The molecule has 0 amide bonds. The summed E-state index contributed by atoms with van der Waals surface area (Å²) in [6.07, 6.45) is 2.35. The summed E-state index contributed by atoms with van der Waals surface area (Å²) >= 11 is 0. The third-order valence-electron chi connectivity index (χ3n) is 0.925. The van der Waals surface area contributed by atoms with Gasteiger partial charge < -0.3 is 0 Å². The van der Waals surface area contributed by atoms with Crippen molar-refractivity contribution in [2.24, 2.45) is 0 Å². The normalized spacial score (nSPS) is 20.6. The molecule has 0 unspecified atom stereocenters. The average Bonchev–Trinajstić information content (AvgIpc) is 2.42. The quantitative estimate of drug-likeness (QED) is 0.524. The van der Waals surface area contributed by atoms with E-state index < -0.39 is 0 Å². The number of rotatable bonds is 3. The summed E-state index contributed by atoms with van der Waals surface area (Å²) in [5.74, 6) is 1.38. The van der Waals surface area contributed by atoms with Crippen LogP contribution in [0.5, 0.6) is 0 Å². The van der Waals surface area contributed by atoms with E-state index in [4.69, 9.17) is 0 Å². The zero-order chi connectivity index (χ0) is 5.11. The van der Waals surface area contributed by atoms with Crippen molar-refractivity contribution in [3.05, 3.63) is 5.92 Å². The second kappa shape index (κ2) is 2.39. The molecule has 0 saturated heterocycles. The molecule has 0 spiro atoms. The highest BCUT2D eigenvalue weighted by atomic mass is 31.1. The van der Waals surface area contributed by atoms with Crippen LogP contribution in [0.4, 0.5) is 0 Å². The molecule has 39 valence electrons. The fraction of sp³-hybridized carbons (Fsp3) is 0.750. The maximum atomic E-state index is 9.60. The Morgan fingerprint density at radius 3 is 2.86 bits per heavy atom. The molecule has 0 aromatic heterocycles. The Morgan fingerprint density at radius 1 is 1.71 bits per heavy atom. The molecule has 0 atom stereocenters. The predicted octanol–water partition coefficient (Wildman–Crippen LogP) is 1.58. The minimum atomic E-state index is -0.191. The van der Waals surface area contributed by atoms with Gasteiger partial charge in [0, 0.05) is 5.92 Å². The van der Waals surface area contributed by atoms with Gasteiger partial charge >= 0.3 is 8.69 Å². The first-order valence-corrected chi connectivity index (χ1v) is 2.94. The Morgan fingerprint density at radius 2 is 2.43 bits per heavy atom. The van der Waals surface area contributed by atoms with Gasteiger partial charge in [0.1, 0.15) is 0 Å². The van der Waals surface area contributed by atoms with Crippen molar-refractivity contribution >= 4 is 8.69 Å². The van der Waals surface area contributed by atoms with E-state index in [-0.39, 0.29) is 8.69 Å². The molecule has 1 fully saturated rings. The second-order valence-electron chi connectivity index (χ2n) is 1.60. The van der Waals surface area contributed by atoms with E-state index in [2.05, 4.69) is 4.52 Å². The molecule has 1 rings (SSSR count). The Hall–Kier alpha value is 0.0600. The topological polar surface area (TPSA) is 26.3 Å². The minimum Gasteiger partial charge on any atom is -0.294 e. The molecule has 0 bridgehead atoms. The lowest BCUT2D eigenvalue weighted by Gasteiger charge is -1.83. The van der Waals surface area contributed by atoms with Gasteiger partial charge in [-0.1, -0.05) is 0 Å². The lowest BCUT2D eigenvalue weighted by Crippen LogP contribution is -1.80. The molecule has 7 heavy (non-hydrogen) atoms. The Labute approximate surface area is 44.1 Å². The van der Waals surface area contributed by atoms with Crippen molar-refractivity contribution in [3.63, 3.8) is 0 Å². The maximum absolute atomic E-state index is 9.60. The van der Waals surface area contributed by atoms with E-state index in [0.717, 1.165) is 0 Å². The van der Waals surface area contributed by atoms with Crippen LogP contribution in [0.1, 0.15) is 12.8 Å². The van der Waals surface area contributed by atoms with Crippen molar-refractivity contribution in [3.8, 4) is 0 Å². The Bertz CT molecular complexity index is 70.1. The summed E-state index contributed by atoms with van der Waals surface area (Å²) in [5.41, 5.74) is 0. The lowest BCUT2D eigenvalue weighted by molar-refractivity contribution is 0.369. The van der Waals surface area contributed by atoms with E-state index >= 15 is 0 Å². The highest BCUT2D eigenvalue weighted by Gasteiger charge is 2.21. The molecule has 0 aromatic rings. The van der Waals surface area contributed by atoms with Crippen molar-refractivity contribution < 1.29 is 9.09 Å². The van der Waals surface area contributed by atoms with Crippen LogP contribution in [-0.2, 0) is 9.09 Å². The van der Waals surface area contributed by atoms with Crippen LogP contribution in [0, 0.1) is 5.92 Å². The standard InChI is InChI=1S/C4H6O2P/c5-7-6-3-4-1-2-4/h1-3H2. The van der Waals surface area contributed by atoms with Crippen LogP contribution in [-0.4, -0.2) is 6.61 Å². The summed E-state index contributed by atoms with van der Waals surface area (Å²) in [7, 11) is -0.191. The summed E-state index contributed by atoms with van der Waals surface area (Å²) < 4.78 is 14.1. The van der Waals surface area contributed by atoms with E-state index in [9.17, 15) is 4.57 Å². The number of hydrogen-bond donors (Lipinski definition) is 0. The molecule has 0 N–H and O–H groups in total. The molecule has 2 nitrogen and oxygen atoms in total.